The lowest BCUT2D eigenvalue weighted by Crippen LogP contribution is -2.47. The molecule has 0 radical (unpaired) electrons. The van der Waals surface area contributed by atoms with Gasteiger partial charge in [-0.05, 0) is 26.8 Å². The van der Waals surface area contributed by atoms with Crippen molar-refractivity contribution in [3.8, 4) is 0 Å². The molecule has 1 aliphatic rings. The van der Waals surface area contributed by atoms with Crippen LogP contribution in [0.4, 0.5) is 0 Å². The summed E-state index contributed by atoms with van der Waals surface area (Å²) in [6.07, 6.45) is 1.55. The normalized spacial score (nSPS) is 28.0. The first-order valence-electron chi connectivity index (χ1n) is 6.03. The summed E-state index contributed by atoms with van der Waals surface area (Å²) in [5.74, 6) is 0.279. The highest BCUT2D eigenvalue weighted by Gasteiger charge is 2.26. The van der Waals surface area contributed by atoms with E-state index in [1.165, 1.54) is 0 Å². The molecule has 2 atom stereocenters. The molecule has 1 aliphatic heterocycles. The Labute approximate surface area is 98.6 Å². The van der Waals surface area contributed by atoms with Crippen LogP contribution in [0.5, 0.6) is 0 Å². The topological polar surface area (TPSA) is 62.3 Å². The maximum Gasteiger partial charge on any atom is 0.0963 e. The molecule has 0 aliphatic carbocycles. The van der Waals surface area contributed by atoms with Gasteiger partial charge in [-0.1, -0.05) is 13.8 Å². The van der Waals surface area contributed by atoms with Crippen LogP contribution in [0.2, 0.25) is 0 Å². The molecule has 1 heterocycles. The minimum Gasteiger partial charge on any atom is -0.387 e. The molecule has 16 heavy (non-hydrogen) atoms. The Morgan fingerprint density at radius 1 is 1.38 bits per heavy atom. The van der Waals surface area contributed by atoms with Crippen molar-refractivity contribution in [1.29, 1.82) is 5.41 Å². The summed E-state index contributed by atoms with van der Waals surface area (Å²) in [5, 5.41) is 7.53. The van der Waals surface area contributed by atoms with Crippen LogP contribution >= 0.6 is 0 Å². The fourth-order valence-electron chi connectivity index (χ4n) is 2.04. The predicted molar refractivity (Wildman–Crippen MR) is 66.8 cm³/mol. The molecular weight excluding hydrogens is 202 g/mol. The first-order chi connectivity index (χ1) is 7.31. The first kappa shape index (κ1) is 13.5. The molecule has 0 aromatic rings. The second-order valence-corrected chi connectivity index (χ2v) is 5.56. The van der Waals surface area contributed by atoms with Crippen LogP contribution in [-0.2, 0) is 4.74 Å². The van der Waals surface area contributed by atoms with Crippen molar-refractivity contribution < 1.29 is 4.74 Å². The fraction of sp³-hybridized carbons (Fsp3) is 0.917. The maximum atomic E-state index is 7.53. The van der Waals surface area contributed by atoms with Crippen molar-refractivity contribution in [3.63, 3.8) is 0 Å². The lowest BCUT2D eigenvalue weighted by molar-refractivity contribution is -0.0692. The van der Waals surface area contributed by atoms with Gasteiger partial charge in [0.15, 0.2) is 0 Å². The van der Waals surface area contributed by atoms with E-state index in [1.54, 1.807) is 0 Å². The summed E-state index contributed by atoms with van der Waals surface area (Å²) in [7, 11) is 0. The molecule has 94 valence electrons. The number of hydrogen-bond acceptors (Lipinski definition) is 3. The van der Waals surface area contributed by atoms with Crippen molar-refractivity contribution in [1.82, 2.24) is 4.90 Å². The molecule has 0 aromatic carbocycles. The average Bonchev–Trinajstić information content (AvgIpc) is 2.13. The lowest BCUT2D eigenvalue weighted by atomic mass is 9.88. The van der Waals surface area contributed by atoms with Crippen molar-refractivity contribution in [3.05, 3.63) is 0 Å². The molecule has 0 bridgehead atoms. The SMILES string of the molecule is CC1CN(CCC(C)(C)C(=N)N)CC(C)O1. The van der Waals surface area contributed by atoms with E-state index in [-0.39, 0.29) is 11.3 Å². The summed E-state index contributed by atoms with van der Waals surface area (Å²) >= 11 is 0. The monoisotopic (exact) mass is 227 g/mol. The Morgan fingerprint density at radius 3 is 2.31 bits per heavy atom. The number of nitrogens with two attached hydrogens (primary N) is 1. The number of rotatable bonds is 4. The molecule has 0 spiro atoms. The maximum absolute atomic E-state index is 7.53. The summed E-state index contributed by atoms with van der Waals surface area (Å²) < 4.78 is 5.69. The van der Waals surface area contributed by atoms with Crippen LogP contribution in [0, 0.1) is 10.8 Å². The number of morpholine rings is 1. The zero-order chi connectivity index (χ0) is 12.3. The zero-order valence-corrected chi connectivity index (χ0v) is 10.9. The smallest absolute Gasteiger partial charge is 0.0963 e. The molecule has 1 fully saturated rings. The van der Waals surface area contributed by atoms with Crippen LogP contribution in [0.1, 0.15) is 34.1 Å². The van der Waals surface area contributed by atoms with E-state index < -0.39 is 0 Å². The van der Waals surface area contributed by atoms with E-state index in [0.717, 1.165) is 26.1 Å². The minimum atomic E-state index is -0.190. The van der Waals surface area contributed by atoms with E-state index in [2.05, 4.69) is 18.7 Å². The van der Waals surface area contributed by atoms with Gasteiger partial charge < -0.3 is 10.5 Å². The lowest BCUT2D eigenvalue weighted by Gasteiger charge is -2.37. The predicted octanol–water partition coefficient (Wildman–Crippen LogP) is 1.45. The quantitative estimate of drug-likeness (QED) is 0.564. The second-order valence-electron chi connectivity index (χ2n) is 5.56. The van der Waals surface area contributed by atoms with Gasteiger partial charge >= 0.3 is 0 Å². The highest BCUT2D eigenvalue weighted by Crippen LogP contribution is 2.21. The average molecular weight is 227 g/mol. The molecule has 0 aromatic heterocycles. The highest BCUT2D eigenvalue weighted by molar-refractivity contribution is 5.82. The van der Waals surface area contributed by atoms with Gasteiger partial charge in [0, 0.05) is 18.5 Å². The summed E-state index contributed by atoms with van der Waals surface area (Å²) in [6, 6.07) is 0. The van der Waals surface area contributed by atoms with Gasteiger partial charge in [0.1, 0.15) is 0 Å². The van der Waals surface area contributed by atoms with Gasteiger partial charge in [-0.15, -0.1) is 0 Å². The van der Waals surface area contributed by atoms with Crippen molar-refractivity contribution in [2.75, 3.05) is 19.6 Å². The van der Waals surface area contributed by atoms with Crippen LogP contribution < -0.4 is 5.73 Å². The summed E-state index contributed by atoms with van der Waals surface area (Å²) in [5.41, 5.74) is 5.39. The number of amidine groups is 1. The van der Waals surface area contributed by atoms with Crippen molar-refractivity contribution >= 4 is 5.84 Å². The van der Waals surface area contributed by atoms with Crippen molar-refractivity contribution in [2.45, 2.75) is 46.3 Å². The van der Waals surface area contributed by atoms with Crippen LogP contribution in [0.15, 0.2) is 0 Å². The molecule has 2 unspecified atom stereocenters. The van der Waals surface area contributed by atoms with Crippen LogP contribution in [0.3, 0.4) is 0 Å². The van der Waals surface area contributed by atoms with Gasteiger partial charge in [-0.2, -0.15) is 0 Å². The van der Waals surface area contributed by atoms with Gasteiger partial charge in [-0.25, -0.2) is 0 Å². The van der Waals surface area contributed by atoms with Crippen molar-refractivity contribution in [2.24, 2.45) is 11.1 Å². The fourth-order valence-corrected chi connectivity index (χ4v) is 2.04. The number of ether oxygens (including phenoxy) is 1. The van der Waals surface area contributed by atoms with Gasteiger partial charge in [0.2, 0.25) is 0 Å². The molecular formula is C12H25N3O. The Bertz CT molecular complexity index is 243. The third-order valence-electron chi connectivity index (χ3n) is 3.28. The highest BCUT2D eigenvalue weighted by atomic mass is 16.5. The molecule has 1 saturated heterocycles. The number of hydrogen-bond donors (Lipinski definition) is 2. The Balaban J connectivity index is 2.40. The van der Waals surface area contributed by atoms with E-state index in [9.17, 15) is 0 Å². The standard InChI is InChI=1S/C12H25N3O/c1-9-7-15(8-10(2)16-9)6-5-12(3,4)11(13)14/h9-10H,5-8H2,1-4H3,(H3,13,14). The van der Waals surface area contributed by atoms with E-state index in [4.69, 9.17) is 15.9 Å². The molecule has 3 N–H and O–H groups in total. The van der Waals surface area contributed by atoms with E-state index in [0.29, 0.717) is 12.2 Å². The molecule has 0 saturated carbocycles. The zero-order valence-electron chi connectivity index (χ0n) is 10.9. The number of nitrogens with zero attached hydrogens (tertiary/aromatic N) is 1. The number of nitrogens with one attached hydrogen (secondary N) is 1. The first-order valence-corrected chi connectivity index (χ1v) is 6.03. The third-order valence-corrected chi connectivity index (χ3v) is 3.28. The Hall–Kier alpha value is -0.610. The van der Waals surface area contributed by atoms with Crippen LogP contribution in [-0.4, -0.2) is 42.6 Å². The van der Waals surface area contributed by atoms with Gasteiger partial charge in [-0.3, -0.25) is 10.3 Å². The van der Waals surface area contributed by atoms with Gasteiger partial charge in [0.05, 0.1) is 18.0 Å². The summed E-state index contributed by atoms with van der Waals surface area (Å²) in [6.45, 7) is 11.2. The molecule has 1 rings (SSSR count). The molecule has 0 amide bonds. The third kappa shape index (κ3) is 3.76. The summed E-state index contributed by atoms with van der Waals surface area (Å²) in [4.78, 5) is 2.41. The molecule has 4 nitrogen and oxygen atoms in total. The van der Waals surface area contributed by atoms with E-state index >= 15 is 0 Å². The van der Waals surface area contributed by atoms with Crippen LogP contribution in [0.25, 0.3) is 0 Å². The van der Waals surface area contributed by atoms with Gasteiger partial charge in [0.25, 0.3) is 0 Å². The second kappa shape index (κ2) is 5.15. The largest absolute Gasteiger partial charge is 0.387 e. The minimum absolute atomic E-state index is 0.190. The van der Waals surface area contributed by atoms with E-state index in [1.807, 2.05) is 13.8 Å². The Morgan fingerprint density at radius 2 is 1.88 bits per heavy atom. The molecule has 4 heteroatoms. The Kier molecular flexibility index (Phi) is 4.33.